The molecule has 4 nitrogen and oxygen atoms in total. The Balaban J connectivity index is 1.18. The average molecular weight is 767 g/mol. The van der Waals surface area contributed by atoms with Gasteiger partial charge in [-0.05, 0) is 91.6 Å². The zero-order chi connectivity index (χ0) is 38.3. The second-order valence-corrected chi connectivity index (χ2v) is 16.8. The fraction of sp³-hybridized carbons (Fsp3) is 0. The molecule has 0 saturated carbocycles. The number of thiophene rings is 1. The third kappa shape index (κ3) is 4.21. The molecule has 0 radical (unpaired) electrons. The van der Waals surface area contributed by atoms with Crippen molar-refractivity contribution in [2.24, 2.45) is 0 Å². The zero-order valence-corrected chi connectivity index (χ0v) is 32.3. The van der Waals surface area contributed by atoms with Gasteiger partial charge in [-0.2, -0.15) is 0 Å². The standard InChI is InChI=1S/C54H30N4S/c1-3-13-33-29-35(24-23-31(33)11-1)51-53-52(41-17-7-8-22-46(41)59-53)56-54(55-51)58-43-21-10-19-40-38-16-6-5-15-37(38)39-18-9-20-42-47(39)49-44(27-28-45(58)50(49)48(40)43)57(42)36-26-25-32-12-2-4-14-34(32)30-36/h1-30H. The number of hydrogen-bond donors (Lipinski definition) is 0. The molecule has 4 heterocycles. The van der Waals surface area contributed by atoms with Gasteiger partial charge in [0.2, 0.25) is 5.95 Å². The summed E-state index contributed by atoms with van der Waals surface area (Å²) in [6.07, 6.45) is 0. The summed E-state index contributed by atoms with van der Waals surface area (Å²) in [5.74, 6) is 0.673. The maximum absolute atomic E-state index is 5.61. The van der Waals surface area contributed by atoms with Crippen molar-refractivity contribution in [3.8, 4) is 22.9 Å². The van der Waals surface area contributed by atoms with E-state index in [1.807, 2.05) is 0 Å². The third-order valence-corrected chi connectivity index (χ3v) is 13.8. The molecule has 0 amide bonds. The Morgan fingerprint density at radius 2 is 0.915 bits per heavy atom. The number of benzene rings is 9. The van der Waals surface area contributed by atoms with Crippen LogP contribution in [-0.2, 0) is 0 Å². The van der Waals surface area contributed by atoms with Crippen LogP contribution in [0.15, 0.2) is 182 Å². The van der Waals surface area contributed by atoms with Crippen molar-refractivity contribution in [1.82, 2.24) is 19.1 Å². The highest BCUT2D eigenvalue weighted by Crippen LogP contribution is 2.48. The monoisotopic (exact) mass is 766 g/mol. The van der Waals surface area contributed by atoms with E-state index < -0.39 is 0 Å². The molecule has 0 aliphatic rings. The molecule has 0 aliphatic carbocycles. The van der Waals surface area contributed by atoms with Crippen LogP contribution in [0.1, 0.15) is 0 Å². The van der Waals surface area contributed by atoms with E-state index >= 15 is 0 Å². The Labute approximate surface area is 340 Å². The molecule has 0 spiro atoms. The SMILES string of the molecule is c1ccc2cc(-c3nc(-n4c5cccc6c7ccccc7c7cccc8c7c7c(c65)c4ccc7n8-c4ccc5ccccc5c4)nc4c3sc3ccccc34)ccc2c1. The smallest absolute Gasteiger partial charge is 0.235 e. The molecule has 0 unspecified atom stereocenters. The lowest BCUT2D eigenvalue weighted by Gasteiger charge is -2.11. The van der Waals surface area contributed by atoms with Crippen molar-refractivity contribution in [1.29, 1.82) is 0 Å². The first kappa shape index (κ1) is 31.5. The third-order valence-electron chi connectivity index (χ3n) is 12.6. The molecular weight excluding hydrogens is 737 g/mol. The lowest BCUT2D eigenvalue weighted by Crippen LogP contribution is -2.02. The van der Waals surface area contributed by atoms with Crippen LogP contribution in [0.4, 0.5) is 0 Å². The van der Waals surface area contributed by atoms with Crippen LogP contribution >= 0.6 is 11.3 Å². The van der Waals surface area contributed by atoms with Gasteiger partial charge in [-0.1, -0.05) is 133 Å². The van der Waals surface area contributed by atoms with Gasteiger partial charge in [0, 0.05) is 42.9 Å². The van der Waals surface area contributed by atoms with Gasteiger partial charge in [-0.25, -0.2) is 9.97 Å². The molecule has 14 aromatic rings. The molecule has 10 aromatic carbocycles. The molecular formula is C54H30N4S. The summed E-state index contributed by atoms with van der Waals surface area (Å²) in [6.45, 7) is 0. The molecule has 59 heavy (non-hydrogen) atoms. The van der Waals surface area contributed by atoms with Gasteiger partial charge in [0.05, 0.1) is 38.0 Å². The van der Waals surface area contributed by atoms with Crippen LogP contribution in [-0.4, -0.2) is 19.1 Å². The number of fused-ring (bicyclic) bond motifs is 8. The van der Waals surface area contributed by atoms with Crippen molar-refractivity contribution in [2.45, 2.75) is 0 Å². The summed E-state index contributed by atoms with van der Waals surface area (Å²) in [7, 11) is 0. The fourth-order valence-corrected chi connectivity index (χ4v) is 11.3. The second-order valence-electron chi connectivity index (χ2n) is 15.7. The molecule has 0 bridgehead atoms. The lowest BCUT2D eigenvalue weighted by atomic mass is 9.95. The predicted octanol–water partition coefficient (Wildman–Crippen LogP) is 14.8. The Hall–Kier alpha value is -7.60. The van der Waals surface area contributed by atoms with E-state index in [1.54, 1.807) is 11.3 Å². The zero-order valence-electron chi connectivity index (χ0n) is 31.5. The van der Waals surface area contributed by atoms with Crippen LogP contribution < -0.4 is 0 Å². The van der Waals surface area contributed by atoms with Gasteiger partial charge in [0.15, 0.2) is 0 Å². The van der Waals surface area contributed by atoms with Gasteiger partial charge in [0.1, 0.15) is 0 Å². The van der Waals surface area contributed by atoms with E-state index in [0.717, 1.165) is 43.6 Å². The number of nitrogens with zero attached hydrogens (tertiary/aromatic N) is 4. The summed E-state index contributed by atoms with van der Waals surface area (Å²) in [4.78, 5) is 11.2. The van der Waals surface area contributed by atoms with Gasteiger partial charge < -0.3 is 4.57 Å². The maximum Gasteiger partial charge on any atom is 0.235 e. The predicted molar refractivity (Wildman–Crippen MR) is 250 cm³/mol. The van der Waals surface area contributed by atoms with Crippen LogP contribution in [0, 0.1) is 0 Å². The topological polar surface area (TPSA) is 35.6 Å². The van der Waals surface area contributed by atoms with Crippen LogP contribution in [0.3, 0.4) is 0 Å². The normalized spacial score (nSPS) is 12.4. The minimum atomic E-state index is 0.673. The Bertz CT molecular complexity index is 4090. The molecule has 0 fully saturated rings. The molecule has 4 aromatic heterocycles. The van der Waals surface area contributed by atoms with Crippen molar-refractivity contribution in [2.75, 3.05) is 0 Å². The summed E-state index contributed by atoms with van der Waals surface area (Å²) >= 11 is 1.77. The van der Waals surface area contributed by atoms with E-state index in [-0.39, 0.29) is 0 Å². The van der Waals surface area contributed by atoms with Crippen molar-refractivity contribution in [3.63, 3.8) is 0 Å². The highest BCUT2D eigenvalue weighted by Gasteiger charge is 2.26. The van der Waals surface area contributed by atoms with Gasteiger partial charge in [-0.3, -0.25) is 4.57 Å². The highest BCUT2D eigenvalue weighted by molar-refractivity contribution is 7.26. The largest absolute Gasteiger partial charge is 0.309 e. The Morgan fingerprint density at radius 3 is 1.63 bits per heavy atom. The van der Waals surface area contributed by atoms with Gasteiger partial charge >= 0.3 is 0 Å². The molecule has 272 valence electrons. The first-order valence-corrected chi connectivity index (χ1v) is 20.9. The Kier molecular flexibility index (Phi) is 6.14. The maximum atomic E-state index is 5.61. The molecule has 5 heteroatoms. The van der Waals surface area contributed by atoms with E-state index in [4.69, 9.17) is 9.97 Å². The molecule has 0 aliphatic heterocycles. The first-order chi connectivity index (χ1) is 29.3. The van der Waals surface area contributed by atoms with Crippen molar-refractivity contribution in [3.05, 3.63) is 182 Å². The summed E-state index contributed by atoms with van der Waals surface area (Å²) in [5, 5.41) is 15.9. The second kappa shape index (κ2) is 11.5. The van der Waals surface area contributed by atoms with Gasteiger partial charge in [-0.15, -0.1) is 11.3 Å². The minimum absolute atomic E-state index is 0.673. The fourth-order valence-electron chi connectivity index (χ4n) is 10.1. The minimum Gasteiger partial charge on any atom is -0.309 e. The summed E-state index contributed by atoms with van der Waals surface area (Å²) in [5.41, 5.74) is 8.73. The van der Waals surface area contributed by atoms with E-state index in [1.165, 1.54) is 80.4 Å². The van der Waals surface area contributed by atoms with Crippen molar-refractivity contribution < 1.29 is 0 Å². The molecule has 0 N–H and O–H groups in total. The Morgan fingerprint density at radius 1 is 0.373 bits per heavy atom. The quantitative estimate of drug-likeness (QED) is 0.180. The first-order valence-electron chi connectivity index (χ1n) is 20.1. The molecule has 0 saturated heterocycles. The van der Waals surface area contributed by atoms with Crippen molar-refractivity contribution >= 4 is 118 Å². The summed E-state index contributed by atoms with van der Waals surface area (Å²) < 4.78 is 7.11. The number of hydrogen-bond acceptors (Lipinski definition) is 3. The molecule has 0 atom stereocenters. The van der Waals surface area contributed by atoms with Gasteiger partial charge in [0.25, 0.3) is 0 Å². The van der Waals surface area contributed by atoms with Crippen LogP contribution in [0.5, 0.6) is 0 Å². The van der Waals surface area contributed by atoms with E-state index in [9.17, 15) is 0 Å². The highest BCUT2D eigenvalue weighted by atomic mass is 32.1. The van der Waals surface area contributed by atoms with Crippen LogP contribution in [0.25, 0.3) is 130 Å². The average Bonchev–Trinajstić information content (AvgIpc) is 3.95. The van der Waals surface area contributed by atoms with E-state index in [0.29, 0.717) is 5.95 Å². The number of aromatic nitrogens is 4. The lowest BCUT2D eigenvalue weighted by molar-refractivity contribution is 1.02. The molecule has 14 rings (SSSR count). The van der Waals surface area contributed by atoms with E-state index in [2.05, 4.69) is 191 Å². The number of rotatable bonds is 3. The summed E-state index contributed by atoms with van der Waals surface area (Å²) in [6, 6.07) is 66.5. The van der Waals surface area contributed by atoms with Crippen LogP contribution in [0.2, 0.25) is 0 Å².